The third-order valence-electron chi connectivity index (χ3n) is 5.21. The quantitative estimate of drug-likeness (QED) is 0.672. The summed E-state index contributed by atoms with van der Waals surface area (Å²) in [4.78, 5) is 17.3. The van der Waals surface area contributed by atoms with Gasteiger partial charge in [0.25, 0.3) is 0 Å². The Labute approximate surface area is 174 Å². The molecule has 0 radical (unpaired) electrons. The van der Waals surface area contributed by atoms with Crippen molar-refractivity contribution in [2.45, 2.75) is 12.3 Å². The van der Waals surface area contributed by atoms with E-state index in [2.05, 4.69) is 10.3 Å². The lowest BCUT2D eigenvalue weighted by Crippen LogP contribution is -2.25. The number of carbonyl (C=O) groups is 1. The molecule has 1 aliphatic heterocycles. The Hall–Kier alpha value is -3.68. The number of amides is 1. The monoisotopic (exact) mass is 409 g/mol. The number of anilines is 1. The molecule has 1 atom stereocenters. The highest BCUT2D eigenvalue weighted by Crippen LogP contribution is 2.47. The fourth-order valence-electron chi connectivity index (χ4n) is 3.82. The molecule has 156 valence electrons. The van der Waals surface area contributed by atoms with Crippen molar-refractivity contribution in [3.8, 4) is 28.7 Å². The molecule has 1 amide bonds. The molecule has 1 aliphatic rings. The van der Waals surface area contributed by atoms with Gasteiger partial charge in [-0.3, -0.25) is 9.36 Å². The van der Waals surface area contributed by atoms with Gasteiger partial charge < -0.3 is 24.3 Å². The van der Waals surface area contributed by atoms with Gasteiger partial charge in [0.15, 0.2) is 11.5 Å². The molecule has 0 bridgehead atoms. The number of imidazole rings is 1. The molecule has 3 aromatic rings. The SMILES string of the molecule is COc1cccc(-n2cnc3c2NC(=O)C[C@@H]3c2ccc(OC)c(OC)c2OC)c1. The fourth-order valence-corrected chi connectivity index (χ4v) is 3.82. The minimum absolute atomic E-state index is 0.103. The number of rotatable bonds is 6. The molecular formula is C22H23N3O5. The molecule has 2 aromatic carbocycles. The zero-order valence-corrected chi connectivity index (χ0v) is 17.3. The van der Waals surface area contributed by atoms with Gasteiger partial charge in [-0.25, -0.2) is 4.98 Å². The second-order valence-corrected chi connectivity index (χ2v) is 6.78. The molecule has 0 saturated heterocycles. The average molecular weight is 409 g/mol. The molecule has 0 spiro atoms. The number of fused-ring (bicyclic) bond motifs is 1. The van der Waals surface area contributed by atoms with E-state index in [1.807, 2.05) is 41.0 Å². The van der Waals surface area contributed by atoms with E-state index in [-0.39, 0.29) is 18.2 Å². The first kappa shape index (κ1) is 19.6. The van der Waals surface area contributed by atoms with E-state index in [0.717, 1.165) is 22.7 Å². The normalized spacial score (nSPS) is 15.2. The number of ether oxygens (including phenoxy) is 4. The summed E-state index contributed by atoms with van der Waals surface area (Å²) in [5.74, 6) is 2.51. The lowest BCUT2D eigenvalue weighted by molar-refractivity contribution is -0.116. The van der Waals surface area contributed by atoms with Crippen LogP contribution in [0.15, 0.2) is 42.7 Å². The van der Waals surface area contributed by atoms with Crippen LogP contribution < -0.4 is 24.3 Å². The van der Waals surface area contributed by atoms with Gasteiger partial charge in [0.05, 0.1) is 39.8 Å². The number of methoxy groups -OCH3 is 4. The van der Waals surface area contributed by atoms with Crippen LogP contribution in [0.1, 0.15) is 23.6 Å². The van der Waals surface area contributed by atoms with Gasteiger partial charge in [0.2, 0.25) is 11.7 Å². The summed E-state index contributed by atoms with van der Waals surface area (Å²) in [6.07, 6.45) is 1.94. The van der Waals surface area contributed by atoms with Crippen LogP contribution >= 0.6 is 0 Å². The number of nitrogens with zero attached hydrogens (tertiary/aromatic N) is 2. The van der Waals surface area contributed by atoms with E-state index < -0.39 is 0 Å². The van der Waals surface area contributed by atoms with Crippen molar-refractivity contribution >= 4 is 11.7 Å². The first-order chi connectivity index (χ1) is 14.6. The Morgan fingerprint density at radius 3 is 2.50 bits per heavy atom. The maximum atomic E-state index is 12.6. The Morgan fingerprint density at radius 2 is 1.80 bits per heavy atom. The lowest BCUT2D eigenvalue weighted by atomic mass is 9.88. The first-order valence-corrected chi connectivity index (χ1v) is 9.41. The van der Waals surface area contributed by atoms with Crippen LogP contribution in [-0.4, -0.2) is 43.9 Å². The van der Waals surface area contributed by atoms with Crippen molar-refractivity contribution in [2.75, 3.05) is 33.8 Å². The van der Waals surface area contributed by atoms with Gasteiger partial charge in [0.1, 0.15) is 17.9 Å². The highest BCUT2D eigenvalue weighted by atomic mass is 16.5. The Kier molecular flexibility index (Phi) is 5.22. The van der Waals surface area contributed by atoms with Crippen LogP contribution in [0.3, 0.4) is 0 Å². The molecule has 0 saturated carbocycles. The van der Waals surface area contributed by atoms with Crippen LogP contribution in [0.25, 0.3) is 5.69 Å². The maximum absolute atomic E-state index is 12.6. The maximum Gasteiger partial charge on any atom is 0.226 e. The molecule has 8 nitrogen and oxygen atoms in total. The van der Waals surface area contributed by atoms with Gasteiger partial charge in [0, 0.05) is 24.0 Å². The summed E-state index contributed by atoms with van der Waals surface area (Å²) >= 11 is 0. The van der Waals surface area contributed by atoms with Crippen LogP contribution in [0, 0.1) is 0 Å². The van der Waals surface area contributed by atoms with Gasteiger partial charge in [-0.05, 0) is 18.2 Å². The Morgan fingerprint density at radius 1 is 1.00 bits per heavy atom. The predicted molar refractivity (Wildman–Crippen MR) is 111 cm³/mol. The lowest BCUT2D eigenvalue weighted by Gasteiger charge is -2.26. The smallest absolute Gasteiger partial charge is 0.226 e. The van der Waals surface area contributed by atoms with E-state index in [9.17, 15) is 4.79 Å². The zero-order chi connectivity index (χ0) is 21.3. The summed E-state index contributed by atoms with van der Waals surface area (Å²) in [5.41, 5.74) is 2.40. The summed E-state index contributed by atoms with van der Waals surface area (Å²) < 4.78 is 23.7. The topological polar surface area (TPSA) is 83.8 Å². The molecule has 2 heterocycles. The molecule has 30 heavy (non-hydrogen) atoms. The van der Waals surface area contributed by atoms with Gasteiger partial charge in [-0.2, -0.15) is 0 Å². The molecule has 0 aliphatic carbocycles. The second-order valence-electron chi connectivity index (χ2n) is 6.78. The molecular weight excluding hydrogens is 386 g/mol. The molecule has 8 heteroatoms. The zero-order valence-electron chi connectivity index (χ0n) is 17.3. The Bertz CT molecular complexity index is 1090. The van der Waals surface area contributed by atoms with E-state index in [4.69, 9.17) is 18.9 Å². The largest absolute Gasteiger partial charge is 0.497 e. The number of nitrogens with one attached hydrogen (secondary N) is 1. The van der Waals surface area contributed by atoms with Crippen LogP contribution in [0.5, 0.6) is 23.0 Å². The molecule has 1 aromatic heterocycles. The first-order valence-electron chi connectivity index (χ1n) is 9.41. The number of hydrogen-bond acceptors (Lipinski definition) is 6. The van der Waals surface area contributed by atoms with E-state index in [1.54, 1.807) is 34.8 Å². The minimum Gasteiger partial charge on any atom is -0.497 e. The third kappa shape index (κ3) is 3.20. The third-order valence-corrected chi connectivity index (χ3v) is 5.21. The average Bonchev–Trinajstić information content (AvgIpc) is 3.21. The highest BCUT2D eigenvalue weighted by Gasteiger charge is 2.34. The van der Waals surface area contributed by atoms with Crippen molar-refractivity contribution in [2.24, 2.45) is 0 Å². The van der Waals surface area contributed by atoms with Crippen molar-refractivity contribution in [1.29, 1.82) is 0 Å². The number of benzene rings is 2. The minimum atomic E-state index is -0.296. The number of carbonyl (C=O) groups excluding carboxylic acids is 1. The highest BCUT2D eigenvalue weighted by molar-refractivity contribution is 5.94. The van der Waals surface area contributed by atoms with E-state index in [1.165, 1.54) is 0 Å². The van der Waals surface area contributed by atoms with Crippen molar-refractivity contribution in [3.63, 3.8) is 0 Å². The van der Waals surface area contributed by atoms with Crippen LogP contribution in [0.2, 0.25) is 0 Å². The second kappa shape index (κ2) is 7.98. The van der Waals surface area contributed by atoms with Gasteiger partial charge >= 0.3 is 0 Å². The Balaban J connectivity index is 1.85. The standard InChI is InChI=1S/C22H23N3O5/c1-27-14-7-5-6-13(10-14)25-12-23-19-16(11-18(26)24-22(19)25)15-8-9-17(28-2)21(30-4)20(15)29-3/h5-10,12,16H,11H2,1-4H3,(H,24,26)/t16-/m1/s1. The predicted octanol–water partition coefficient (Wildman–Crippen LogP) is 3.38. The van der Waals surface area contributed by atoms with E-state index in [0.29, 0.717) is 23.1 Å². The summed E-state index contributed by atoms with van der Waals surface area (Å²) in [5, 5.41) is 2.96. The fraction of sp³-hybridized carbons (Fsp3) is 0.273. The van der Waals surface area contributed by atoms with Crippen molar-refractivity contribution < 1.29 is 23.7 Å². The van der Waals surface area contributed by atoms with E-state index >= 15 is 0 Å². The molecule has 4 rings (SSSR count). The summed E-state index contributed by atoms with van der Waals surface area (Å²) in [6, 6.07) is 11.3. The molecule has 1 N–H and O–H groups in total. The molecule has 0 unspecified atom stereocenters. The van der Waals surface area contributed by atoms with Crippen molar-refractivity contribution in [3.05, 3.63) is 54.0 Å². The van der Waals surface area contributed by atoms with Gasteiger partial charge in [-0.15, -0.1) is 0 Å². The molecule has 0 fully saturated rings. The van der Waals surface area contributed by atoms with Crippen LogP contribution in [-0.2, 0) is 4.79 Å². The van der Waals surface area contributed by atoms with Crippen molar-refractivity contribution in [1.82, 2.24) is 9.55 Å². The summed E-state index contributed by atoms with van der Waals surface area (Å²) in [7, 11) is 6.31. The summed E-state index contributed by atoms with van der Waals surface area (Å²) in [6.45, 7) is 0. The van der Waals surface area contributed by atoms with Crippen LogP contribution in [0.4, 0.5) is 5.82 Å². The number of aromatic nitrogens is 2. The van der Waals surface area contributed by atoms with Gasteiger partial charge in [-0.1, -0.05) is 12.1 Å². The number of hydrogen-bond donors (Lipinski definition) is 1.